The lowest BCUT2D eigenvalue weighted by atomic mass is 10.2. The number of nitrogens with one attached hydrogen (secondary N) is 2. The van der Waals surface area contributed by atoms with Crippen LogP contribution in [-0.2, 0) is 14.3 Å². The number of phenols is 1. The Balaban J connectivity index is 2.49. The van der Waals surface area contributed by atoms with Crippen molar-refractivity contribution in [3.63, 3.8) is 0 Å². The summed E-state index contributed by atoms with van der Waals surface area (Å²) in [5, 5.41) is 14.3. The number of hydrogen-bond donors (Lipinski definition) is 3. The monoisotopic (exact) mass is 300 g/mol. The maximum absolute atomic E-state index is 11.6. The lowest BCUT2D eigenvalue weighted by Gasteiger charge is -2.07. The van der Waals surface area contributed by atoms with E-state index in [0.717, 1.165) is 0 Å². The molecule has 108 valence electrons. The molecule has 0 bridgehead atoms. The second-order valence-corrected chi connectivity index (χ2v) is 4.12. The molecule has 0 radical (unpaired) electrons. The molecule has 0 saturated carbocycles. The van der Waals surface area contributed by atoms with E-state index in [2.05, 4.69) is 10.6 Å². The van der Waals surface area contributed by atoms with Crippen LogP contribution < -0.4 is 10.6 Å². The van der Waals surface area contributed by atoms with Crippen molar-refractivity contribution in [2.24, 2.45) is 0 Å². The first-order valence-electron chi connectivity index (χ1n) is 5.57. The van der Waals surface area contributed by atoms with Gasteiger partial charge in [0.25, 0.3) is 5.91 Å². The Morgan fingerprint density at radius 3 is 2.65 bits per heavy atom. The lowest BCUT2D eigenvalue weighted by Crippen LogP contribution is -2.37. The van der Waals surface area contributed by atoms with Crippen LogP contribution in [0.4, 0.5) is 0 Å². The molecule has 3 N–H and O–H groups in total. The molecule has 0 heterocycles. The Labute approximate surface area is 119 Å². The summed E-state index contributed by atoms with van der Waals surface area (Å²) in [7, 11) is 1.43. The van der Waals surface area contributed by atoms with E-state index in [0.29, 0.717) is 0 Å². The van der Waals surface area contributed by atoms with Gasteiger partial charge in [-0.15, -0.1) is 0 Å². The lowest BCUT2D eigenvalue weighted by molar-refractivity contribution is -0.127. The van der Waals surface area contributed by atoms with E-state index in [1.807, 2.05) is 0 Å². The van der Waals surface area contributed by atoms with Gasteiger partial charge in [-0.1, -0.05) is 11.6 Å². The Morgan fingerprint density at radius 1 is 1.30 bits per heavy atom. The first kappa shape index (κ1) is 15.8. The molecule has 0 spiro atoms. The Morgan fingerprint density at radius 2 is 2.00 bits per heavy atom. The fourth-order valence-electron chi connectivity index (χ4n) is 1.20. The summed E-state index contributed by atoms with van der Waals surface area (Å²) in [5.74, 6) is -2.20. The SMILES string of the molecule is CNC(=O)CNC(=O)COC(=O)c1cc(Cl)ccc1O. The van der Waals surface area contributed by atoms with Gasteiger partial charge in [0.1, 0.15) is 11.3 Å². The van der Waals surface area contributed by atoms with Gasteiger partial charge in [-0.25, -0.2) is 4.79 Å². The molecule has 1 aromatic carbocycles. The largest absolute Gasteiger partial charge is 0.507 e. The van der Waals surface area contributed by atoms with Crippen LogP contribution >= 0.6 is 11.6 Å². The zero-order chi connectivity index (χ0) is 15.1. The van der Waals surface area contributed by atoms with Crippen LogP contribution in [0.25, 0.3) is 0 Å². The van der Waals surface area contributed by atoms with Crippen molar-refractivity contribution >= 4 is 29.4 Å². The summed E-state index contributed by atoms with van der Waals surface area (Å²) < 4.78 is 4.69. The number of amides is 2. The molecule has 0 saturated heterocycles. The quantitative estimate of drug-likeness (QED) is 0.667. The van der Waals surface area contributed by atoms with Crippen LogP contribution in [0.5, 0.6) is 5.75 Å². The van der Waals surface area contributed by atoms with Crippen molar-refractivity contribution in [3.8, 4) is 5.75 Å². The average Bonchev–Trinajstić information content (AvgIpc) is 2.44. The molecule has 2 amide bonds. The number of ether oxygens (including phenoxy) is 1. The van der Waals surface area contributed by atoms with E-state index in [9.17, 15) is 19.5 Å². The smallest absolute Gasteiger partial charge is 0.342 e. The van der Waals surface area contributed by atoms with Gasteiger partial charge >= 0.3 is 5.97 Å². The van der Waals surface area contributed by atoms with Gasteiger partial charge in [0, 0.05) is 12.1 Å². The van der Waals surface area contributed by atoms with Crippen LogP contribution in [0.1, 0.15) is 10.4 Å². The van der Waals surface area contributed by atoms with Crippen molar-refractivity contribution in [1.82, 2.24) is 10.6 Å². The fraction of sp³-hybridized carbons (Fsp3) is 0.250. The first-order chi connectivity index (χ1) is 9.43. The number of phenolic OH excluding ortho intramolecular Hbond substituents is 1. The van der Waals surface area contributed by atoms with Crippen LogP contribution in [0.15, 0.2) is 18.2 Å². The molecule has 20 heavy (non-hydrogen) atoms. The number of halogens is 1. The second-order valence-electron chi connectivity index (χ2n) is 3.69. The second kappa shape index (κ2) is 7.34. The third-order valence-corrected chi connectivity index (χ3v) is 2.47. The van der Waals surface area contributed by atoms with E-state index in [1.165, 1.54) is 25.2 Å². The number of carbonyl (C=O) groups excluding carboxylic acids is 3. The topological polar surface area (TPSA) is 105 Å². The van der Waals surface area contributed by atoms with Gasteiger partial charge in [-0.05, 0) is 18.2 Å². The predicted molar refractivity (Wildman–Crippen MR) is 70.5 cm³/mol. The van der Waals surface area contributed by atoms with Crippen molar-refractivity contribution in [3.05, 3.63) is 28.8 Å². The maximum atomic E-state index is 11.6. The normalized spacial score (nSPS) is 9.70. The fourth-order valence-corrected chi connectivity index (χ4v) is 1.37. The third-order valence-electron chi connectivity index (χ3n) is 2.24. The Bertz CT molecular complexity index is 533. The summed E-state index contributed by atoms with van der Waals surface area (Å²) in [6, 6.07) is 3.87. The highest BCUT2D eigenvalue weighted by Crippen LogP contribution is 2.22. The van der Waals surface area contributed by atoms with Crippen LogP contribution in [0.2, 0.25) is 5.02 Å². The summed E-state index contributed by atoms with van der Waals surface area (Å²) >= 11 is 5.68. The maximum Gasteiger partial charge on any atom is 0.342 e. The molecule has 7 nitrogen and oxygen atoms in total. The minimum Gasteiger partial charge on any atom is -0.507 e. The van der Waals surface area contributed by atoms with Crippen molar-refractivity contribution in [2.45, 2.75) is 0 Å². The highest BCUT2D eigenvalue weighted by Gasteiger charge is 2.15. The number of hydrogen-bond acceptors (Lipinski definition) is 5. The molecule has 8 heteroatoms. The van der Waals surface area contributed by atoms with E-state index in [4.69, 9.17) is 16.3 Å². The molecule has 0 unspecified atom stereocenters. The highest BCUT2D eigenvalue weighted by molar-refractivity contribution is 6.31. The average molecular weight is 301 g/mol. The third kappa shape index (κ3) is 4.77. The van der Waals surface area contributed by atoms with Gasteiger partial charge in [0.15, 0.2) is 6.61 Å². The number of aromatic hydroxyl groups is 1. The summed E-state index contributed by atoms with van der Waals surface area (Å²) in [5.41, 5.74) is -0.142. The van der Waals surface area contributed by atoms with Crippen LogP contribution in [0.3, 0.4) is 0 Å². The number of carbonyl (C=O) groups is 3. The molecule has 0 aliphatic heterocycles. The Hall–Kier alpha value is -2.28. The van der Waals surface area contributed by atoms with E-state index < -0.39 is 18.5 Å². The number of benzene rings is 1. The van der Waals surface area contributed by atoms with E-state index in [-0.39, 0.29) is 28.8 Å². The van der Waals surface area contributed by atoms with Crippen molar-refractivity contribution in [1.29, 1.82) is 0 Å². The number of rotatable bonds is 5. The zero-order valence-corrected chi connectivity index (χ0v) is 11.4. The molecule has 0 aliphatic carbocycles. The van der Waals surface area contributed by atoms with Crippen LogP contribution in [-0.4, -0.2) is 43.1 Å². The van der Waals surface area contributed by atoms with Gasteiger partial charge in [-0.2, -0.15) is 0 Å². The Kier molecular flexibility index (Phi) is 5.79. The molecule has 0 atom stereocenters. The van der Waals surface area contributed by atoms with E-state index in [1.54, 1.807) is 0 Å². The summed E-state index contributed by atoms with van der Waals surface area (Å²) in [6.45, 7) is -0.781. The van der Waals surface area contributed by atoms with Gasteiger partial charge in [0.05, 0.1) is 6.54 Å². The number of esters is 1. The molecular weight excluding hydrogens is 288 g/mol. The molecule has 1 aromatic rings. The van der Waals surface area contributed by atoms with Crippen molar-refractivity contribution < 1.29 is 24.2 Å². The van der Waals surface area contributed by atoms with Gasteiger partial charge in [0.2, 0.25) is 5.91 Å². The minimum absolute atomic E-state index is 0.142. The van der Waals surface area contributed by atoms with Crippen molar-refractivity contribution in [2.75, 3.05) is 20.2 Å². The molecule has 0 aromatic heterocycles. The summed E-state index contributed by atoms with van der Waals surface area (Å²) in [4.78, 5) is 33.8. The highest BCUT2D eigenvalue weighted by atomic mass is 35.5. The first-order valence-corrected chi connectivity index (χ1v) is 5.94. The number of likely N-dealkylation sites (N-methyl/N-ethyl adjacent to an activating group) is 1. The van der Waals surface area contributed by atoms with Crippen LogP contribution in [0, 0.1) is 0 Å². The zero-order valence-electron chi connectivity index (χ0n) is 10.6. The molecular formula is C12H13ClN2O5. The molecule has 0 aliphatic rings. The van der Waals surface area contributed by atoms with Gasteiger partial charge in [-0.3, -0.25) is 9.59 Å². The van der Waals surface area contributed by atoms with Gasteiger partial charge < -0.3 is 20.5 Å². The summed E-state index contributed by atoms with van der Waals surface area (Å²) in [6.07, 6.45) is 0. The predicted octanol–water partition coefficient (Wildman–Crippen LogP) is 0.0646. The standard InChI is InChI=1S/C12H13ClN2O5/c1-14-10(17)5-15-11(18)6-20-12(19)8-4-7(13)2-3-9(8)16/h2-4,16H,5-6H2,1H3,(H,14,17)(H,15,18). The molecule has 0 fully saturated rings. The van der Waals surface area contributed by atoms with E-state index >= 15 is 0 Å². The minimum atomic E-state index is -0.889. The molecule has 1 rings (SSSR count).